The maximum atomic E-state index is 11.7. The molecular weight excluding hydrogens is 238 g/mol. The Kier molecular flexibility index (Phi) is 4.02. The van der Waals surface area contributed by atoms with Crippen LogP contribution in [0, 0.1) is 0 Å². The molecule has 1 amide bonds. The second kappa shape index (κ2) is 5.51. The van der Waals surface area contributed by atoms with Crippen LogP contribution in [0.3, 0.4) is 0 Å². The van der Waals surface area contributed by atoms with Crippen LogP contribution in [0.25, 0.3) is 0 Å². The number of hydrogen-bond donors (Lipinski definition) is 0. The van der Waals surface area contributed by atoms with Crippen molar-refractivity contribution in [1.29, 1.82) is 0 Å². The molecule has 0 fully saturated rings. The molecule has 0 aliphatic carbocycles. The Morgan fingerprint density at radius 2 is 2.47 bits per heavy atom. The van der Waals surface area contributed by atoms with Crippen LogP contribution >= 0.6 is 11.3 Å². The Balaban J connectivity index is 2.13. The maximum Gasteiger partial charge on any atom is 0.409 e. The van der Waals surface area contributed by atoms with Crippen LogP contribution in [-0.4, -0.2) is 37.8 Å². The van der Waals surface area contributed by atoms with E-state index in [2.05, 4.69) is 11.4 Å². The van der Waals surface area contributed by atoms with Gasteiger partial charge in [-0.15, -0.1) is 11.3 Å². The van der Waals surface area contributed by atoms with Crippen molar-refractivity contribution in [2.45, 2.75) is 19.4 Å². The van der Waals surface area contributed by atoms with Crippen LogP contribution in [-0.2, 0) is 15.9 Å². The highest BCUT2D eigenvalue weighted by Gasteiger charge is 2.27. The fourth-order valence-electron chi connectivity index (χ4n) is 2.05. The van der Waals surface area contributed by atoms with Crippen LogP contribution in [0.15, 0.2) is 11.4 Å². The molecule has 0 aromatic carbocycles. The number of methoxy groups -OCH3 is 1. The highest BCUT2D eigenvalue weighted by Crippen LogP contribution is 2.30. The zero-order valence-electron chi connectivity index (χ0n) is 10.1. The van der Waals surface area contributed by atoms with E-state index in [-0.39, 0.29) is 12.2 Å². The number of carbonyl (C=O) groups is 1. The Hall–Kier alpha value is -1.07. The fourth-order valence-corrected chi connectivity index (χ4v) is 2.97. The van der Waals surface area contributed by atoms with Gasteiger partial charge < -0.3 is 14.4 Å². The predicted molar refractivity (Wildman–Crippen MR) is 66.4 cm³/mol. The molecule has 0 radical (unpaired) electrons. The molecule has 1 aliphatic heterocycles. The van der Waals surface area contributed by atoms with Crippen LogP contribution < -0.4 is 0 Å². The monoisotopic (exact) mass is 255 g/mol. The van der Waals surface area contributed by atoms with E-state index >= 15 is 0 Å². The summed E-state index contributed by atoms with van der Waals surface area (Å²) in [4.78, 5) is 14.8. The normalized spacial score (nSPS) is 19.6. The third-order valence-corrected chi connectivity index (χ3v) is 3.93. The van der Waals surface area contributed by atoms with Gasteiger partial charge in [-0.2, -0.15) is 0 Å². The second-order valence-corrected chi connectivity index (χ2v) is 4.92. The molecule has 1 atom stereocenters. The Bertz CT molecular complexity index is 391. The number of carbonyl (C=O) groups excluding carboxylic acids is 1. The van der Waals surface area contributed by atoms with Gasteiger partial charge in [0.25, 0.3) is 0 Å². The van der Waals surface area contributed by atoms with Gasteiger partial charge in [-0.05, 0) is 30.4 Å². The molecule has 0 unspecified atom stereocenters. The minimum absolute atomic E-state index is 0.0387. The molecule has 0 N–H and O–H groups in total. The zero-order chi connectivity index (χ0) is 12.3. The predicted octanol–water partition coefficient (Wildman–Crippen LogP) is 2.45. The zero-order valence-corrected chi connectivity index (χ0v) is 11.0. The number of thiophene rings is 1. The molecule has 17 heavy (non-hydrogen) atoms. The number of rotatable bonds is 2. The summed E-state index contributed by atoms with van der Waals surface area (Å²) in [7, 11) is 1.68. The largest absolute Gasteiger partial charge is 0.450 e. The van der Waals surface area contributed by atoms with Gasteiger partial charge in [0.2, 0.25) is 0 Å². The fraction of sp³-hybridized carbons (Fsp3) is 0.583. The highest BCUT2D eigenvalue weighted by molar-refractivity contribution is 7.10. The number of ether oxygens (including phenoxy) is 2. The van der Waals surface area contributed by atoms with E-state index in [0.717, 1.165) is 6.42 Å². The SMILES string of the molecule is CCOC(=O)N1CCc2sccc2[C@@H](OC)C1. The highest BCUT2D eigenvalue weighted by atomic mass is 32.1. The summed E-state index contributed by atoms with van der Waals surface area (Å²) in [5, 5.41) is 2.08. The summed E-state index contributed by atoms with van der Waals surface area (Å²) >= 11 is 1.73. The Morgan fingerprint density at radius 3 is 3.18 bits per heavy atom. The van der Waals surface area contributed by atoms with Gasteiger partial charge in [0.15, 0.2) is 0 Å². The summed E-state index contributed by atoms with van der Waals surface area (Å²) in [5.74, 6) is 0. The van der Waals surface area contributed by atoms with E-state index in [0.29, 0.717) is 19.7 Å². The first-order valence-corrected chi connectivity index (χ1v) is 6.65. The topological polar surface area (TPSA) is 38.8 Å². The first-order chi connectivity index (χ1) is 8.26. The van der Waals surface area contributed by atoms with Crippen molar-refractivity contribution in [2.24, 2.45) is 0 Å². The van der Waals surface area contributed by atoms with Gasteiger partial charge in [-0.25, -0.2) is 4.79 Å². The summed E-state index contributed by atoms with van der Waals surface area (Å²) < 4.78 is 10.5. The molecule has 0 bridgehead atoms. The molecule has 94 valence electrons. The van der Waals surface area contributed by atoms with Crippen LogP contribution in [0.2, 0.25) is 0 Å². The smallest absolute Gasteiger partial charge is 0.409 e. The first kappa shape index (κ1) is 12.4. The van der Waals surface area contributed by atoms with E-state index in [4.69, 9.17) is 9.47 Å². The molecule has 1 aliphatic rings. The van der Waals surface area contributed by atoms with Gasteiger partial charge in [-0.3, -0.25) is 0 Å². The van der Waals surface area contributed by atoms with Crippen molar-refractivity contribution >= 4 is 17.4 Å². The van der Waals surface area contributed by atoms with E-state index < -0.39 is 0 Å². The summed E-state index contributed by atoms with van der Waals surface area (Å²) in [6.07, 6.45) is 0.596. The number of hydrogen-bond acceptors (Lipinski definition) is 4. The molecular formula is C12H17NO3S. The third kappa shape index (κ3) is 2.61. The van der Waals surface area contributed by atoms with Crippen molar-refractivity contribution in [3.8, 4) is 0 Å². The first-order valence-electron chi connectivity index (χ1n) is 5.77. The minimum Gasteiger partial charge on any atom is -0.450 e. The van der Waals surface area contributed by atoms with Gasteiger partial charge >= 0.3 is 6.09 Å². The van der Waals surface area contributed by atoms with Crippen molar-refractivity contribution in [2.75, 3.05) is 26.8 Å². The number of amides is 1. The van der Waals surface area contributed by atoms with Gasteiger partial charge in [0.1, 0.15) is 6.10 Å². The van der Waals surface area contributed by atoms with Gasteiger partial charge in [0, 0.05) is 18.5 Å². The lowest BCUT2D eigenvalue weighted by Gasteiger charge is -2.23. The lowest BCUT2D eigenvalue weighted by molar-refractivity contribution is 0.0549. The van der Waals surface area contributed by atoms with Crippen molar-refractivity contribution in [1.82, 2.24) is 4.90 Å². The standard InChI is InChI=1S/C12H17NO3S/c1-3-16-12(14)13-6-4-11-9(5-7-17-11)10(8-13)15-2/h5,7,10H,3-4,6,8H2,1-2H3/t10-/m0/s1. The van der Waals surface area contributed by atoms with E-state index in [1.54, 1.807) is 23.3 Å². The lowest BCUT2D eigenvalue weighted by atomic mass is 10.1. The Morgan fingerprint density at radius 1 is 1.65 bits per heavy atom. The quantitative estimate of drug-likeness (QED) is 0.814. The maximum absolute atomic E-state index is 11.7. The number of fused-ring (bicyclic) bond motifs is 1. The van der Waals surface area contributed by atoms with E-state index in [9.17, 15) is 4.79 Å². The molecule has 4 nitrogen and oxygen atoms in total. The molecule has 1 aromatic rings. The second-order valence-electron chi connectivity index (χ2n) is 3.92. The molecule has 0 spiro atoms. The van der Waals surface area contributed by atoms with Crippen LogP contribution in [0.1, 0.15) is 23.5 Å². The molecule has 5 heteroatoms. The molecule has 1 aromatic heterocycles. The number of nitrogens with zero attached hydrogens (tertiary/aromatic N) is 1. The van der Waals surface area contributed by atoms with Crippen molar-refractivity contribution in [3.05, 3.63) is 21.9 Å². The molecule has 0 saturated heterocycles. The van der Waals surface area contributed by atoms with Crippen molar-refractivity contribution < 1.29 is 14.3 Å². The van der Waals surface area contributed by atoms with Gasteiger partial charge in [0.05, 0.1) is 13.2 Å². The molecule has 0 saturated carbocycles. The average Bonchev–Trinajstić information content (AvgIpc) is 2.71. The van der Waals surface area contributed by atoms with Gasteiger partial charge in [-0.1, -0.05) is 0 Å². The van der Waals surface area contributed by atoms with Crippen molar-refractivity contribution in [3.63, 3.8) is 0 Å². The Labute approximate surface area is 105 Å². The third-order valence-electron chi connectivity index (χ3n) is 2.93. The summed E-state index contributed by atoms with van der Waals surface area (Å²) in [6.45, 7) is 3.50. The molecule has 2 heterocycles. The average molecular weight is 255 g/mol. The summed E-state index contributed by atoms with van der Waals surface area (Å²) in [5.41, 5.74) is 1.21. The minimum atomic E-state index is -0.246. The molecule has 2 rings (SSSR count). The van der Waals surface area contributed by atoms with E-state index in [1.165, 1.54) is 10.4 Å². The summed E-state index contributed by atoms with van der Waals surface area (Å²) in [6, 6.07) is 2.09. The van der Waals surface area contributed by atoms with Crippen LogP contribution in [0.4, 0.5) is 4.79 Å². The van der Waals surface area contributed by atoms with Crippen LogP contribution in [0.5, 0.6) is 0 Å². The lowest BCUT2D eigenvalue weighted by Crippen LogP contribution is -2.35. The van der Waals surface area contributed by atoms with E-state index in [1.807, 2.05) is 6.92 Å².